The summed E-state index contributed by atoms with van der Waals surface area (Å²) in [5, 5.41) is 35.7. The van der Waals surface area contributed by atoms with Gasteiger partial charge in [-0.2, -0.15) is 10.5 Å². The first-order valence-electron chi connectivity index (χ1n) is 6.17. The summed E-state index contributed by atoms with van der Waals surface area (Å²) in [5.41, 5.74) is 0.120. The lowest BCUT2D eigenvalue weighted by Gasteiger charge is -2.06. The van der Waals surface area contributed by atoms with E-state index in [1.807, 2.05) is 6.07 Å². The Morgan fingerprint density at radius 3 is 3.05 bits per heavy atom. The number of ether oxygens (including phenoxy) is 1. The fourth-order valence-corrected chi connectivity index (χ4v) is 1.61. The van der Waals surface area contributed by atoms with Crippen LogP contribution in [0.5, 0.6) is 5.75 Å². The van der Waals surface area contributed by atoms with Crippen LogP contribution in [-0.4, -0.2) is 32.2 Å². The number of nitrogens with zero attached hydrogens (tertiary/aromatic N) is 5. The topological polar surface area (TPSA) is 143 Å². The quantitative estimate of drug-likeness (QED) is 0.464. The molecule has 2 aromatic rings. The molecule has 0 unspecified atom stereocenters. The summed E-state index contributed by atoms with van der Waals surface area (Å²) in [6, 6.07) is 6.26. The number of aromatic amines is 1. The summed E-state index contributed by atoms with van der Waals surface area (Å²) < 4.78 is 5.22. The smallest absolute Gasteiger partial charge is 0.296 e. The second-order valence-corrected chi connectivity index (χ2v) is 3.92. The molecule has 10 nitrogen and oxygen atoms in total. The second-order valence-electron chi connectivity index (χ2n) is 3.92. The first kappa shape index (κ1) is 14.9. The number of allylic oxidation sites excluding steroid dienone is 1. The maximum absolute atomic E-state index is 11.1. The lowest BCUT2D eigenvalue weighted by atomic mass is 10.2. The van der Waals surface area contributed by atoms with Gasteiger partial charge in [0.25, 0.3) is 5.69 Å². The zero-order chi connectivity index (χ0) is 15.9. The predicted molar refractivity (Wildman–Crippen MR) is 75.7 cm³/mol. The van der Waals surface area contributed by atoms with E-state index in [-0.39, 0.29) is 22.8 Å². The summed E-state index contributed by atoms with van der Waals surface area (Å²) in [6.07, 6.45) is 1.27. The van der Waals surface area contributed by atoms with Crippen LogP contribution >= 0.6 is 0 Å². The van der Waals surface area contributed by atoms with E-state index in [0.29, 0.717) is 12.4 Å². The molecule has 1 heterocycles. The standard InChI is InChI=1S/C12H11N7O3/c1-2-22-9-3-4-10(11(5-9)19(20)21)14-7-8(6-13)12-15-17-18-16-12/h3-5,7,14H,2H2,1H3,(H,15,16,17,18). The number of anilines is 1. The summed E-state index contributed by atoms with van der Waals surface area (Å²) >= 11 is 0. The third kappa shape index (κ3) is 3.34. The van der Waals surface area contributed by atoms with E-state index >= 15 is 0 Å². The Labute approximate surface area is 124 Å². The van der Waals surface area contributed by atoms with Crippen molar-refractivity contribution in [3.63, 3.8) is 0 Å². The van der Waals surface area contributed by atoms with Gasteiger partial charge in [0.1, 0.15) is 23.1 Å². The Bertz CT molecular complexity index is 734. The highest BCUT2D eigenvalue weighted by Gasteiger charge is 2.15. The molecule has 0 radical (unpaired) electrons. The molecule has 2 rings (SSSR count). The number of nitro benzene ring substituents is 1. The Balaban J connectivity index is 2.29. The summed E-state index contributed by atoms with van der Waals surface area (Å²) in [7, 11) is 0. The summed E-state index contributed by atoms with van der Waals surface area (Å²) in [6.45, 7) is 2.19. The monoisotopic (exact) mass is 301 g/mol. The molecule has 10 heteroatoms. The molecule has 22 heavy (non-hydrogen) atoms. The lowest BCUT2D eigenvalue weighted by molar-refractivity contribution is -0.384. The van der Waals surface area contributed by atoms with Gasteiger partial charge in [0.15, 0.2) is 0 Å². The summed E-state index contributed by atoms with van der Waals surface area (Å²) in [4.78, 5) is 10.6. The molecule has 1 aromatic heterocycles. The molecule has 112 valence electrons. The van der Waals surface area contributed by atoms with Crippen molar-refractivity contribution in [2.24, 2.45) is 0 Å². The first-order chi connectivity index (χ1) is 10.7. The van der Waals surface area contributed by atoms with Crippen LogP contribution in [0.15, 0.2) is 24.4 Å². The van der Waals surface area contributed by atoms with Gasteiger partial charge in [0.05, 0.1) is 17.6 Å². The number of nitriles is 1. The number of aromatic nitrogens is 4. The maximum atomic E-state index is 11.1. The van der Waals surface area contributed by atoms with E-state index in [9.17, 15) is 10.1 Å². The van der Waals surface area contributed by atoms with Gasteiger partial charge in [0.2, 0.25) is 5.82 Å². The van der Waals surface area contributed by atoms with Crippen molar-refractivity contribution in [1.82, 2.24) is 20.6 Å². The number of benzene rings is 1. The molecule has 0 bridgehead atoms. The number of nitrogens with one attached hydrogen (secondary N) is 2. The molecule has 0 saturated carbocycles. The largest absolute Gasteiger partial charge is 0.494 e. The Kier molecular flexibility index (Phi) is 4.61. The van der Waals surface area contributed by atoms with Crippen molar-refractivity contribution in [2.45, 2.75) is 6.92 Å². The van der Waals surface area contributed by atoms with Gasteiger partial charge in [-0.15, -0.1) is 10.2 Å². The van der Waals surface area contributed by atoms with Crippen LogP contribution in [0.2, 0.25) is 0 Å². The van der Waals surface area contributed by atoms with Crippen molar-refractivity contribution in [3.05, 3.63) is 40.3 Å². The predicted octanol–water partition coefficient (Wildman–Crippen LogP) is 1.48. The number of tetrazole rings is 1. The third-order valence-electron chi connectivity index (χ3n) is 2.56. The molecule has 2 N–H and O–H groups in total. The molecule has 0 aliphatic heterocycles. The van der Waals surface area contributed by atoms with Gasteiger partial charge in [-0.25, -0.2) is 0 Å². The first-order valence-corrected chi connectivity index (χ1v) is 6.17. The number of hydrogen-bond donors (Lipinski definition) is 2. The molecule has 0 aliphatic rings. The minimum Gasteiger partial charge on any atom is -0.494 e. The molecular weight excluding hydrogens is 290 g/mol. The van der Waals surface area contributed by atoms with E-state index < -0.39 is 4.92 Å². The molecule has 1 aromatic carbocycles. The average Bonchev–Trinajstić information content (AvgIpc) is 3.03. The van der Waals surface area contributed by atoms with Gasteiger partial charge < -0.3 is 10.1 Å². The molecule has 0 spiro atoms. The average molecular weight is 301 g/mol. The highest BCUT2D eigenvalue weighted by Crippen LogP contribution is 2.29. The van der Waals surface area contributed by atoms with E-state index in [1.54, 1.807) is 13.0 Å². The van der Waals surface area contributed by atoms with Crippen molar-refractivity contribution in [3.8, 4) is 11.8 Å². The highest BCUT2D eigenvalue weighted by molar-refractivity contribution is 5.75. The van der Waals surface area contributed by atoms with Crippen molar-refractivity contribution < 1.29 is 9.66 Å². The Morgan fingerprint density at radius 2 is 2.45 bits per heavy atom. The van der Waals surface area contributed by atoms with Crippen molar-refractivity contribution in [1.29, 1.82) is 5.26 Å². The highest BCUT2D eigenvalue weighted by atomic mass is 16.6. The maximum Gasteiger partial charge on any atom is 0.296 e. The SMILES string of the molecule is CCOc1ccc(NC=C(C#N)c2nn[nH]n2)c([N+](=O)[O-])c1. The zero-order valence-corrected chi connectivity index (χ0v) is 11.5. The Morgan fingerprint density at radius 1 is 1.64 bits per heavy atom. The fourth-order valence-electron chi connectivity index (χ4n) is 1.61. The number of rotatable bonds is 6. The van der Waals surface area contributed by atoms with E-state index in [2.05, 4.69) is 25.9 Å². The minimum atomic E-state index is -0.543. The number of hydrogen-bond acceptors (Lipinski definition) is 8. The van der Waals surface area contributed by atoms with E-state index in [0.717, 1.165) is 0 Å². The zero-order valence-electron chi connectivity index (χ0n) is 11.5. The van der Waals surface area contributed by atoms with Gasteiger partial charge in [0, 0.05) is 6.20 Å². The molecule has 0 atom stereocenters. The fraction of sp³-hybridized carbons (Fsp3) is 0.167. The van der Waals surface area contributed by atoms with E-state index in [4.69, 9.17) is 10.00 Å². The molecule has 0 aliphatic carbocycles. The molecular formula is C12H11N7O3. The van der Waals surface area contributed by atoms with E-state index in [1.165, 1.54) is 18.3 Å². The molecule has 0 amide bonds. The van der Waals surface area contributed by atoms with Crippen LogP contribution in [-0.2, 0) is 0 Å². The number of H-pyrrole nitrogens is 1. The lowest BCUT2D eigenvalue weighted by Crippen LogP contribution is -1.99. The van der Waals surface area contributed by atoms with Gasteiger partial charge in [-0.05, 0) is 24.3 Å². The van der Waals surface area contributed by atoms with Crippen LogP contribution in [0.1, 0.15) is 12.7 Å². The van der Waals surface area contributed by atoms with Gasteiger partial charge in [-0.1, -0.05) is 0 Å². The van der Waals surface area contributed by atoms with Crippen molar-refractivity contribution in [2.75, 3.05) is 11.9 Å². The number of nitro groups is 1. The van der Waals surface area contributed by atoms with Crippen LogP contribution in [0, 0.1) is 21.4 Å². The van der Waals surface area contributed by atoms with Crippen LogP contribution < -0.4 is 10.1 Å². The van der Waals surface area contributed by atoms with Crippen LogP contribution in [0.25, 0.3) is 5.57 Å². The summed E-state index contributed by atoms with van der Waals surface area (Å²) in [5.74, 6) is 0.478. The second kappa shape index (κ2) is 6.80. The minimum absolute atomic E-state index is 0.0805. The van der Waals surface area contributed by atoms with Crippen molar-refractivity contribution >= 4 is 16.9 Å². The molecule has 0 saturated heterocycles. The van der Waals surface area contributed by atoms with Crippen LogP contribution in [0.3, 0.4) is 0 Å². The van der Waals surface area contributed by atoms with Crippen LogP contribution in [0.4, 0.5) is 11.4 Å². The third-order valence-corrected chi connectivity index (χ3v) is 2.56. The normalized spacial score (nSPS) is 10.8. The Hall–Kier alpha value is -3.48. The van der Waals surface area contributed by atoms with Gasteiger partial charge in [-0.3, -0.25) is 10.1 Å². The van der Waals surface area contributed by atoms with Gasteiger partial charge >= 0.3 is 0 Å². The molecule has 0 fully saturated rings.